The maximum Gasteiger partial charge on any atom is 0.432 e. The molecule has 0 aliphatic heterocycles. The smallest absolute Gasteiger partial charge is 0.432 e. The van der Waals surface area contributed by atoms with Crippen molar-refractivity contribution in [1.29, 1.82) is 0 Å². The molecular formula is C24H20ClF4IN6O4S. The minimum Gasteiger partial charge on any atom is -0.454 e. The van der Waals surface area contributed by atoms with E-state index in [4.69, 9.17) is 16.3 Å². The number of benzene rings is 2. The van der Waals surface area contributed by atoms with Gasteiger partial charge in [0.15, 0.2) is 5.75 Å². The Bertz CT molecular complexity index is 1810. The number of alkyl halides is 3. The van der Waals surface area contributed by atoms with Crippen molar-refractivity contribution in [3.05, 3.63) is 78.6 Å². The van der Waals surface area contributed by atoms with Crippen LogP contribution in [0.4, 0.5) is 34.8 Å². The highest BCUT2D eigenvalue weighted by Crippen LogP contribution is 2.43. The average Bonchev–Trinajstić information content (AvgIpc) is 3.40. The quantitative estimate of drug-likeness (QED) is 0.132. The number of pyridine rings is 1. The first-order valence-corrected chi connectivity index (χ1v) is 14.3. The van der Waals surface area contributed by atoms with Crippen LogP contribution < -0.4 is 25.1 Å². The number of nitrogens with zero attached hydrogens (tertiary/aromatic N) is 2. The second-order valence-electron chi connectivity index (χ2n) is 8.46. The lowest BCUT2D eigenvalue weighted by Gasteiger charge is -2.21. The van der Waals surface area contributed by atoms with Gasteiger partial charge in [-0.2, -0.15) is 21.6 Å². The standard InChI is InChI=1S/C24H20ClF4IN6O4S/c1-11-20(40-16-6-4-5-15(19(16)25)35-41(38,39)31-2)18(21-32-10-17(34-21)24(27,28)29)22(36(3)23(11)37)33-14-8-7-12(30)9-13(14)26/h4-10,31,33,35H,1-3H3,(H,32,34). The number of imidazole rings is 1. The van der Waals surface area contributed by atoms with Crippen molar-refractivity contribution >= 4 is 61.6 Å². The van der Waals surface area contributed by atoms with Gasteiger partial charge in [0.25, 0.3) is 15.8 Å². The number of aromatic nitrogens is 3. The Balaban J connectivity index is 1.97. The van der Waals surface area contributed by atoms with Crippen molar-refractivity contribution in [3.8, 4) is 22.9 Å². The van der Waals surface area contributed by atoms with Crippen LogP contribution in [0.15, 0.2) is 47.4 Å². The molecule has 0 saturated carbocycles. The van der Waals surface area contributed by atoms with Crippen LogP contribution in [-0.4, -0.2) is 30.0 Å². The monoisotopic (exact) mass is 726 g/mol. The zero-order valence-electron chi connectivity index (χ0n) is 21.2. The minimum absolute atomic E-state index is 0.0571. The van der Waals surface area contributed by atoms with E-state index < -0.39 is 33.5 Å². The fourth-order valence-corrected chi connectivity index (χ4v) is 4.97. The molecule has 0 saturated heterocycles. The van der Waals surface area contributed by atoms with E-state index in [9.17, 15) is 30.8 Å². The summed E-state index contributed by atoms with van der Waals surface area (Å²) >= 11 is 8.32. The summed E-state index contributed by atoms with van der Waals surface area (Å²) in [6.07, 6.45) is -4.21. The molecule has 0 bridgehead atoms. The number of rotatable bonds is 8. The van der Waals surface area contributed by atoms with E-state index >= 15 is 0 Å². The minimum atomic E-state index is -4.78. The fraction of sp³-hybridized carbons (Fsp3) is 0.167. The van der Waals surface area contributed by atoms with Crippen molar-refractivity contribution in [3.63, 3.8) is 0 Å². The second-order valence-corrected chi connectivity index (χ2v) is 11.7. The van der Waals surface area contributed by atoms with Gasteiger partial charge in [0, 0.05) is 17.7 Å². The van der Waals surface area contributed by atoms with Crippen molar-refractivity contribution in [2.24, 2.45) is 7.05 Å². The van der Waals surface area contributed by atoms with Crippen LogP contribution in [-0.2, 0) is 23.4 Å². The van der Waals surface area contributed by atoms with Gasteiger partial charge >= 0.3 is 6.18 Å². The van der Waals surface area contributed by atoms with E-state index in [1.165, 1.54) is 51.4 Å². The maximum atomic E-state index is 14.8. The zero-order valence-corrected chi connectivity index (χ0v) is 25.0. The molecule has 0 fully saturated rings. The number of anilines is 3. The van der Waals surface area contributed by atoms with Gasteiger partial charge < -0.3 is 15.0 Å². The fourth-order valence-electron chi connectivity index (χ4n) is 3.69. The highest BCUT2D eigenvalue weighted by atomic mass is 127. The molecular weight excluding hydrogens is 707 g/mol. The lowest BCUT2D eigenvalue weighted by Crippen LogP contribution is -2.26. The first kappa shape index (κ1) is 30.6. The molecule has 0 aliphatic carbocycles. The SMILES string of the molecule is CNS(=O)(=O)Nc1cccc(Oc2c(-c3ncc(C(F)(F)F)[nH]3)c(Nc3ccc(I)cc3F)n(C)c(=O)c2C)c1Cl. The van der Waals surface area contributed by atoms with E-state index in [1.807, 2.05) is 22.6 Å². The number of halogens is 6. The Morgan fingerprint density at radius 3 is 2.49 bits per heavy atom. The second kappa shape index (κ2) is 11.5. The lowest BCUT2D eigenvalue weighted by molar-refractivity contribution is -0.140. The highest BCUT2D eigenvalue weighted by molar-refractivity contribution is 14.1. The summed E-state index contributed by atoms with van der Waals surface area (Å²) < 4.78 is 91.2. The van der Waals surface area contributed by atoms with Crippen LogP contribution in [0.3, 0.4) is 0 Å². The summed E-state index contributed by atoms with van der Waals surface area (Å²) in [5, 5.41) is 2.56. The topological polar surface area (TPSA) is 130 Å². The molecule has 0 aliphatic rings. The Labute approximate surface area is 249 Å². The third-order valence-electron chi connectivity index (χ3n) is 5.76. The van der Waals surface area contributed by atoms with Gasteiger partial charge in [-0.05, 0) is 59.8 Å². The van der Waals surface area contributed by atoms with Crippen LogP contribution in [0, 0.1) is 16.3 Å². The maximum absolute atomic E-state index is 14.8. The van der Waals surface area contributed by atoms with Crippen LogP contribution in [0.2, 0.25) is 5.02 Å². The van der Waals surface area contributed by atoms with Gasteiger partial charge in [0.1, 0.15) is 39.5 Å². The van der Waals surface area contributed by atoms with Crippen LogP contribution in [0.1, 0.15) is 11.3 Å². The van der Waals surface area contributed by atoms with Crippen LogP contribution in [0.5, 0.6) is 11.5 Å². The molecule has 4 rings (SSSR count). The van der Waals surface area contributed by atoms with Gasteiger partial charge in [-0.1, -0.05) is 17.7 Å². The predicted octanol–water partition coefficient (Wildman–Crippen LogP) is 5.91. The number of ether oxygens (including phenoxy) is 1. The molecule has 0 radical (unpaired) electrons. The molecule has 0 amide bonds. The highest BCUT2D eigenvalue weighted by Gasteiger charge is 2.34. The number of aromatic amines is 1. The molecule has 41 heavy (non-hydrogen) atoms. The summed E-state index contributed by atoms with van der Waals surface area (Å²) in [4.78, 5) is 19.3. The Kier molecular flexibility index (Phi) is 8.58. The molecule has 2 heterocycles. The third kappa shape index (κ3) is 6.44. The molecule has 218 valence electrons. The van der Waals surface area contributed by atoms with E-state index in [0.29, 0.717) is 9.77 Å². The van der Waals surface area contributed by atoms with Gasteiger partial charge in [0.2, 0.25) is 0 Å². The van der Waals surface area contributed by atoms with E-state index in [2.05, 4.69) is 24.7 Å². The summed E-state index contributed by atoms with van der Waals surface area (Å²) in [6.45, 7) is 1.37. The van der Waals surface area contributed by atoms with Crippen molar-refractivity contribution in [2.75, 3.05) is 17.1 Å². The van der Waals surface area contributed by atoms with Gasteiger partial charge in [0.05, 0.1) is 23.1 Å². The molecule has 2 aromatic heterocycles. The lowest BCUT2D eigenvalue weighted by atomic mass is 10.1. The third-order valence-corrected chi connectivity index (χ3v) is 7.84. The van der Waals surface area contributed by atoms with Crippen molar-refractivity contribution in [1.82, 2.24) is 19.3 Å². The first-order valence-electron chi connectivity index (χ1n) is 11.4. The molecule has 4 aromatic rings. The number of nitrogens with one attached hydrogen (secondary N) is 4. The zero-order chi connectivity index (χ0) is 30.3. The Hall–Kier alpha value is -3.35. The molecule has 0 atom stereocenters. The molecule has 0 unspecified atom stereocenters. The first-order chi connectivity index (χ1) is 19.1. The molecule has 10 nitrogen and oxygen atoms in total. The Morgan fingerprint density at radius 2 is 1.88 bits per heavy atom. The number of H-pyrrole nitrogens is 1. The largest absolute Gasteiger partial charge is 0.454 e. The number of hydrogen-bond donors (Lipinski definition) is 4. The molecule has 17 heteroatoms. The summed E-state index contributed by atoms with van der Waals surface area (Å²) in [5.74, 6) is -1.61. The average molecular weight is 727 g/mol. The van der Waals surface area contributed by atoms with Gasteiger partial charge in [-0.15, -0.1) is 0 Å². The van der Waals surface area contributed by atoms with Crippen LogP contribution in [0.25, 0.3) is 11.4 Å². The summed E-state index contributed by atoms with van der Waals surface area (Å²) in [5.41, 5.74) is -2.20. The van der Waals surface area contributed by atoms with Crippen molar-refractivity contribution < 1.29 is 30.7 Å². The Morgan fingerprint density at radius 1 is 1.17 bits per heavy atom. The number of hydrogen-bond acceptors (Lipinski definition) is 6. The summed E-state index contributed by atoms with van der Waals surface area (Å²) in [7, 11) is -1.46. The molecule has 0 spiro atoms. The van der Waals surface area contributed by atoms with Crippen LogP contribution >= 0.6 is 34.2 Å². The molecule has 2 aromatic carbocycles. The van der Waals surface area contributed by atoms with Gasteiger partial charge in [-0.3, -0.25) is 14.1 Å². The normalized spacial score (nSPS) is 11.9. The van der Waals surface area contributed by atoms with E-state index in [-0.39, 0.29) is 50.7 Å². The van der Waals surface area contributed by atoms with Crippen molar-refractivity contribution in [2.45, 2.75) is 13.1 Å². The molecule has 4 N–H and O–H groups in total. The summed E-state index contributed by atoms with van der Waals surface area (Å²) in [6, 6.07) is 8.30. The predicted molar refractivity (Wildman–Crippen MR) is 155 cm³/mol. The van der Waals surface area contributed by atoms with E-state index in [1.54, 1.807) is 6.07 Å². The van der Waals surface area contributed by atoms with Gasteiger partial charge in [-0.25, -0.2) is 14.1 Å². The van der Waals surface area contributed by atoms with E-state index in [0.717, 1.165) is 4.57 Å².